The van der Waals surface area contributed by atoms with Gasteiger partial charge in [0.15, 0.2) is 0 Å². The van der Waals surface area contributed by atoms with Crippen molar-refractivity contribution in [2.24, 2.45) is 0 Å². The number of anilines is 1. The highest BCUT2D eigenvalue weighted by atomic mass is 79.9. The fraction of sp³-hybridized carbons (Fsp3) is 0.0833. The molecule has 1 aromatic heterocycles. The normalized spacial score (nSPS) is 11.3. The van der Waals surface area contributed by atoms with Crippen LogP contribution in [0, 0.1) is 6.92 Å². The summed E-state index contributed by atoms with van der Waals surface area (Å²) in [4.78, 5) is 12.0. The average molecular weight is 376 g/mol. The molecule has 0 saturated carbocycles. The van der Waals surface area contributed by atoms with E-state index >= 15 is 0 Å². The topological polar surface area (TPSA) is 83.5 Å². The number of hydrogen-bond acceptors (Lipinski definition) is 4. The number of para-hydroxylation sites is 1. The van der Waals surface area contributed by atoms with Gasteiger partial charge in [0.05, 0.1) is 11.3 Å². The summed E-state index contributed by atoms with van der Waals surface area (Å²) in [5.41, 5.74) is -0.0951. The van der Waals surface area contributed by atoms with Crippen molar-refractivity contribution in [2.75, 3.05) is 4.72 Å². The molecule has 0 radical (unpaired) electrons. The van der Waals surface area contributed by atoms with Crippen LogP contribution in [0.25, 0.3) is 0 Å². The molecule has 2 N–H and O–H groups in total. The maximum atomic E-state index is 12.2. The van der Waals surface area contributed by atoms with Gasteiger partial charge in [-0.25, -0.2) is 13.2 Å². The maximum Gasteiger partial charge on any atom is 0.337 e. The van der Waals surface area contributed by atoms with Crippen LogP contribution in [0.4, 0.5) is 5.69 Å². The number of rotatable bonds is 4. The summed E-state index contributed by atoms with van der Waals surface area (Å²) in [6.07, 6.45) is 0. The summed E-state index contributed by atoms with van der Waals surface area (Å²) in [5.74, 6) is -1.20. The number of benzene rings is 1. The van der Waals surface area contributed by atoms with Gasteiger partial charge >= 0.3 is 5.97 Å². The van der Waals surface area contributed by atoms with Gasteiger partial charge in [0.25, 0.3) is 10.0 Å². The summed E-state index contributed by atoms with van der Waals surface area (Å²) < 4.78 is 27.3. The van der Waals surface area contributed by atoms with Crippen LogP contribution >= 0.6 is 27.3 Å². The van der Waals surface area contributed by atoms with Crippen LogP contribution in [-0.2, 0) is 10.0 Å². The number of nitrogens with one attached hydrogen (secondary N) is 1. The smallest absolute Gasteiger partial charge is 0.337 e. The van der Waals surface area contributed by atoms with Crippen LogP contribution in [0.5, 0.6) is 0 Å². The Morgan fingerprint density at radius 2 is 2.00 bits per heavy atom. The lowest BCUT2D eigenvalue weighted by Gasteiger charge is -2.11. The molecule has 0 amide bonds. The molecule has 2 aromatic rings. The molecule has 0 atom stereocenters. The highest BCUT2D eigenvalue weighted by molar-refractivity contribution is 9.10. The number of carbonyl (C=O) groups is 1. The molecule has 0 aliphatic heterocycles. The van der Waals surface area contributed by atoms with Gasteiger partial charge in [0.2, 0.25) is 0 Å². The van der Waals surface area contributed by atoms with E-state index < -0.39 is 16.0 Å². The van der Waals surface area contributed by atoms with Gasteiger partial charge in [-0.1, -0.05) is 6.07 Å². The molecular weight excluding hydrogens is 366 g/mol. The number of aromatic carboxylic acids is 1. The molecule has 0 spiro atoms. The fourth-order valence-corrected chi connectivity index (χ4v) is 4.53. The first-order valence-electron chi connectivity index (χ1n) is 5.42. The maximum absolute atomic E-state index is 12.2. The molecule has 1 aromatic carbocycles. The van der Waals surface area contributed by atoms with E-state index in [0.29, 0.717) is 4.47 Å². The van der Waals surface area contributed by atoms with E-state index in [1.807, 2.05) is 0 Å². The van der Waals surface area contributed by atoms with E-state index in [2.05, 4.69) is 20.7 Å². The third-order valence-electron chi connectivity index (χ3n) is 2.46. The molecule has 8 heteroatoms. The van der Waals surface area contributed by atoms with E-state index in [1.165, 1.54) is 18.2 Å². The number of aryl methyl sites for hydroxylation is 1. The number of halogens is 1. The van der Waals surface area contributed by atoms with Crippen LogP contribution in [0.1, 0.15) is 15.2 Å². The molecule has 0 bridgehead atoms. The summed E-state index contributed by atoms with van der Waals surface area (Å²) >= 11 is 4.28. The van der Waals surface area contributed by atoms with Crippen molar-refractivity contribution in [1.82, 2.24) is 0 Å². The Kier molecular flexibility index (Phi) is 4.17. The fourth-order valence-electron chi connectivity index (χ4n) is 1.55. The molecule has 0 aliphatic rings. The van der Waals surface area contributed by atoms with Crippen LogP contribution < -0.4 is 4.72 Å². The van der Waals surface area contributed by atoms with Gasteiger partial charge in [-0.3, -0.25) is 4.72 Å². The third kappa shape index (κ3) is 3.02. The number of carboxylic acid groups (broad SMARTS) is 1. The Balaban J connectivity index is 2.47. The standard InChI is InChI=1S/C12H10BrNO4S2/c1-7-5-6-10(19-7)20(17,18)14-11-8(12(15)16)3-2-4-9(11)13/h2-6,14H,1H3,(H,15,16). The molecule has 20 heavy (non-hydrogen) atoms. The minimum Gasteiger partial charge on any atom is -0.478 e. The second-order valence-electron chi connectivity index (χ2n) is 3.94. The predicted molar refractivity (Wildman–Crippen MR) is 81.0 cm³/mol. The van der Waals surface area contributed by atoms with Gasteiger partial charge in [-0.15, -0.1) is 11.3 Å². The second-order valence-corrected chi connectivity index (χ2v) is 7.99. The number of thiophene rings is 1. The Morgan fingerprint density at radius 1 is 1.30 bits per heavy atom. The van der Waals surface area contributed by atoms with Crippen molar-refractivity contribution >= 4 is 48.9 Å². The Bertz CT molecular complexity index is 768. The molecule has 2 rings (SSSR count). The minimum atomic E-state index is -3.80. The monoisotopic (exact) mass is 375 g/mol. The minimum absolute atomic E-state index is 0.0195. The van der Waals surface area contributed by atoms with Crippen molar-refractivity contribution in [3.05, 3.63) is 45.2 Å². The Labute approximate surface area is 128 Å². The molecular formula is C12H10BrNO4S2. The first kappa shape index (κ1) is 15.0. The first-order chi connectivity index (χ1) is 9.31. The highest BCUT2D eigenvalue weighted by Gasteiger charge is 2.21. The van der Waals surface area contributed by atoms with Crippen molar-refractivity contribution in [3.8, 4) is 0 Å². The van der Waals surface area contributed by atoms with Crippen LogP contribution in [0.3, 0.4) is 0 Å². The molecule has 0 saturated heterocycles. The van der Waals surface area contributed by atoms with Gasteiger partial charge in [-0.05, 0) is 47.1 Å². The lowest BCUT2D eigenvalue weighted by Crippen LogP contribution is -2.15. The Morgan fingerprint density at radius 3 is 2.55 bits per heavy atom. The van der Waals surface area contributed by atoms with Crippen molar-refractivity contribution in [1.29, 1.82) is 0 Å². The number of sulfonamides is 1. The van der Waals surface area contributed by atoms with Gasteiger partial charge < -0.3 is 5.11 Å². The summed E-state index contributed by atoms with van der Waals surface area (Å²) in [7, 11) is -3.80. The summed E-state index contributed by atoms with van der Waals surface area (Å²) in [6, 6.07) is 7.62. The molecule has 106 valence electrons. The lowest BCUT2D eigenvalue weighted by atomic mass is 10.2. The van der Waals surface area contributed by atoms with Gasteiger partial charge in [0, 0.05) is 9.35 Å². The molecule has 0 aliphatic carbocycles. The number of hydrogen-bond donors (Lipinski definition) is 2. The lowest BCUT2D eigenvalue weighted by molar-refractivity contribution is 0.0698. The van der Waals surface area contributed by atoms with Crippen LogP contribution in [0.15, 0.2) is 39.0 Å². The summed E-state index contributed by atoms with van der Waals surface area (Å²) in [5, 5.41) is 9.11. The largest absolute Gasteiger partial charge is 0.478 e. The molecule has 5 nitrogen and oxygen atoms in total. The zero-order valence-corrected chi connectivity index (χ0v) is 13.5. The molecule has 0 fully saturated rings. The third-order valence-corrected chi connectivity index (χ3v) is 5.96. The number of carboxylic acids is 1. The van der Waals surface area contributed by atoms with E-state index in [-0.39, 0.29) is 15.5 Å². The van der Waals surface area contributed by atoms with Crippen molar-refractivity contribution in [2.45, 2.75) is 11.1 Å². The Hall–Kier alpha value is -1.38. The van der Waals surface area contributed by atoms with Crippen molar-refractivity contribution in [3.63, 3.8) is 0 Å². The van der Waals surface area contributed by atoms with Crippen LogP contribution in [-0.4, -0.2) is 19.5 Å². The van der Waals surface area contributed by atoms with E-state index in [1.54, 1.807) is 19.1 Å². The quantitative estimate of drug-likeness (QED) is 0.858. The van der Waals surface area contributed by atoms with E-state index in [0.717, 1.165) is 16.2 Å². The average Bonchev–Trinajstić information content (AvgIpc) is 2.79. The zero-order valence-electron chi connectivity index (χ0n) is 10.3. The predicted octanol–water partition coefficient (Wildman–Crippen LogP) is 3.32. The SMILES string of the molecule is Cc1ccc(S(=O)(=O)Nc2c(Br)cccc2C(=O)O)s1. The van der Waals surface area contributed by atoms with E-state index in [4.69, 9.17) is 5.11 Å². The molecule has 1 heterocycles. The summed E-state index contributed by atoms with van der Waals surface area (Å²) in [6.45, 7) is 1.80. The first-order valence-corrected chi connectivity index (χ1v) is 8.51. The van der Waals surface area contributed by atoms with Crippen molar-refractivity contribution < 1.29 is 18.3 Å². The van der Waals surface area contributed by atoms with E-state index in [9.17, 15) is 13.2 Å². The zero-order chi connectivity index (χ0) is 14.9. The second kappa shape index (κ2) is 5.55. The molecule has 0 unspecified atom stereocenters. The van der Waals surface area contributed by atoms with Gasteiger partial charge in [-0.2, -0.15) is 0 Å². The van der Waals surface area contributed by atoms with Gasteiger partial charge in [0.1, 0.15) is 4.21 Å². The highest BCUT2D eigenvalue weighted by Crippen LogP contribution is 2.30. The van der Waals surface area contributed by atoms with Crippen LogP contribution in [0.2, 0.25) is 0 Å².